The number of fused-ring (bicyclic) bond motifs is 1. The van der Waals surface area contributed by atoms with Crippen molar-refractivity contribution in [1.82, 2.24) is 14.7 Å². The Hall–Kier alpha value is -1.89. The van der Waals surface area contributed by atoms with Crippen LogP contribution in [0, 0.1) is 0 Å². The van der Waals surface area contributed by atoms with Gasteiger partial charge in [-0.1, -0.05) is 0 Å². The van der Waals surface area contributed by atoms with E-state index in [0.29, 0.717) is 25.3 Å². The Kier molecular flexibility index (Phi) is 3.43. The van der Waals surface area contributed by atoms with Gasteiger partial charge < -0.3 is 14.7 Å². The molecule has 0 aromatic carbocycles. The number of carboxylic acid groups (broad SMARTS) is 1. The second kappa shape index (κ2) is 5.24. The number of aryl methyl sites for hydroxylation is 1. The zero-order valence-corrected chi connectivity index (χ0v) is 11.1. The van der Waals surface area contributed by atoms with Crippen molar-refractivity contribution in [2.75, 3.05) is 19.7 Å². The molecule has 1 N–H and O–H groups in total. The van der Waals surface area contributed by atoms with E-state index >= 15 is 0 Å². The summed E-state index contributed by atoms with van der Waals surface area (Å²) < 4.78 is 7.07. The van der Waals surface area contributed by atoms with E-state index in [2.05, 4.69) is 5.10 Å². The molecule has 108 valence electrons. The maximum absolute atomic E-state index is 12.5. The van der Waals surface area contributed by atoms with Gasteiger partial charge >= 0.3 is 5.97 Å². The summed E-state index contributed by atoms with van der Waals surface area (Å²) in [5.74, 6) is -1.26. The van der Waals surface area contributed by atoms with Crippen LogP contribution >= 0.6 is 0 Å². The minimum absolute atomic E-state index is 0.0766. The first kappa shape index (κ1) is 13.1. The standard InChI is InChI=1S/C13H17N3O4/c17-12-11-7-10(13(18)19)14-16(11)5-2-4-15(12)8-9-3-1-6-20-9/h7,9H,1-6,8H2,(H,18,19). The molecule has 2 aliphatic rings. The molecule has 1 unspecified atom stereocenters. The first-order chi connectivity index (χ1) is 9.65. The Balaban J connectivity index is 1.80. The van der Waals surface area contributed by atoms with Crippen LogP contribution < -0.4 is 0 Å². The van der Waals surface area contributed by atoms with Gasteiger partial charge in [0.25, 0.3) is 5.91 Å². The highest BCUT2D eigenvalue weighted by Gasteiger charge is 2.28. The van der Waals surface area contributed by atoms with E-state index in [1.165, 1.54) is 10.7 Å². The minimum Gasteiger partial charge on any atom is -0.476 e. The molecule has 3 rings (SSSR count). The number of ether oxygens (including phenoxy) is 1. The maximum Gasteiger partial charge on any atom is 0.356 e. The quantitative estimate of drug-likeness (QED) is 0.876. The molecule has 1 aromatic rings. The summed E-state index contributed by atoms with van der Waals surface area (Å²) in [7, 11) is 0. The molecule has 0 aliphatic carbocycles. The third kappa shape index (κ3) is 2.40. The summed E-state index contributed by atoms with van der Waals surface area (Å²) in [6.07, 6.45) is 2.89. The molecule has 7 heteroatoms. The van der Waals surface area contributed by atoms with E-state index in [0.717, 1.165) is 25.9 Å². The second-order valence-electron chi connectivity index (χ2n) is 5.18. The summed E-state index contributed by atoms with van der Waals surface area (Å²) in [5, 5.41) is 12.9. The molecule has 0 radical (unpaired) electrons. The fourth-order valence-corrected chi connectivity index (χ4v) is 2.75. The number of nitrogens with zero attached hydrogens (tertiary/aromatic N) is 3. The number of aromatic nitrogens is 2. The van der Waals surface area contributed by atoms with E-state index in [9.17, 15) is 9.59 Å². The molecule has 7 nitrogen and oxygen atoms in total. The summed E-state index contributed by atoms with van der Waals surface area (Å²) >= 11 is 0. The third-order valence-electron chi connectivity index (χ3n) is 3.75. The van der Waals surface area contributed by atoms with Crippen LogP contribution in [-0.4, -0.2) is 57.5 Å². The molecule has 1 fully saturated rings. The number of carbonyl (C=O) groups excluding carboxylic acids is 1. The van der Waals surface area contributed by atoms with Crippen LogP contribution in [0.1, 0.15) is 40.2 Å². The largest absolute Gasteiger partial charge is 0.476 e. The third-order valence-corrected chi connectivity index (χ3v) is 3.75. The van der Waals surface area contributed by atoms with Crippen LogP contribution in [0.5, 0.6) is 0 Å². The molecule has 0 spiro atoms. The average Bonchev–Trinajstić information content (AvgIpc) is 3.03. The second-order valence-corrected chi connectivity index (χ2v) is 5.18. The molecule has 1 saturated heterocycles. The number of hydrogen-bond donors (Lipinski definition) is 1. The molecule has 1 aromatic heterocycles. The zero-order valence-electron chi connectivity index (χ0n) is 11.1. The SMILES string of the molecule is O=C(O)c1cc2n(n1)CCCN(CC1CCCO1)C2=O. The van der Waals surface area contributed by atoms with Crippen molar-refractivity contribution in [2.45, 2.75) is 31.9 Å². The van der Waals surface area contributed by atoms with Crippen LogP contribution in [0.3, 0.4) is 0 Å². The van der Waals surface area contributed by atoms with Gasteiger partial charge in [0, 0.05) is 32.3 Å². The number of carbonyl (C=O) groups is 2. The summed E-state index contributed by atoms with van der Waals surface area (Å²) in [4.78, 5) is 25.2. The topological polar surface area (TPSA) is 84.7 Å². The van der Waals surface area contributed by atoms with E-state index in [1.54, 1.807) is 4.90 Å². The van der Waals surface area contributed by atoms with E-state index in [1.807, 2.05) is 0 Å². The van der Waals surface area contributed by atoms with Gasteiger partial charge in [0.2, 0.25) is 0 Å². The number of aromatic carboxylic acids is 1. The van der Waals surface area contributed by atoms with Crippen LogP contribution in [0.4, 0.5) is 0 Å². The number of hydrogen-bond acceptors (Lipinski definition) is 4. The fourth-order valence-electron chi connectivity index (χ4n) is 2.75. The first-order valence-electron chi connectivity index (χ1n) is 6.87. The van der Waals surface area contributed by atoms with E-state index in [4.69, 9.17) is 9.84 Å². The van der Waals surface area contributed by atoms with Crippen LogP contribution in [0.25, 0.3) is 0 Å². The monoisotopic (exact) mass is 279 g/mol. The Morgan fingerprint density at radius 3 is 3.00 bits per heavy atom. The van der Waals surface area contributed by atoms with Crippen molar-refractivity contribution < 1.29 is 19.4 Å². The Bertz CT molecular complexity index is 534. The van der Waals surface area contributed by atoms with Crippen LogP contribution in [0.15, 0.2) is 6.07 Å². The molecule has 1 atom stereocenters. The van der Waals surface area contributed by atoms with Gasteiger partial charge in [0.15, 0.2) is 5.69 Å². The average molecular weight is 279 g/mol. The molecule has 2 aliphatic heterocycles. The van der Waals surface area contributed by atoms with Gasteiger partial charge in [-0.2, -0.15) is 5.10 Å². The highest BCUT2D eigenvalue weighted by molar-refractivity contribution is 5.95. The van der Waals surface area contributed by atoms with Crippen LogP contribution in [0.2, 0.25) is 0 Å². The predicted molar refractivity (Wildman–Crippen MR) is 68.7 cm³/mol. The summed E-state index contributed by atoms with van der Waals surface area (Å²) in [6.45, 7) is 2.56. The van der Waals surface area contributed by atoms with Gasteiger partial charge in [-0.15, -0.1) is 0 Å². The molecular formula is C13H17N3O4. The Morgan fingerprint density at radius 1 is 1.45 bits per heavy atom. The molecule has 0 bridgehead atoms. The highest BCUT2D eigenvalue weighted by Crippen LogP contribution is 2.18. The van der Waals surface area contributed by atoms with E-state index in [-0.39, 0.29) is 17.7 Å². The van der Waals surface area contributed by atoms with Gasteiger partial charge in [-0.05, 0) is 19.3 Å². The zero-order chi connectivity index (χ0) is 14.1. The number of carboxylic acids is 1. The lowest BCUT2D eigenvalue weighted by molar-refractivity contribution is 0.0530. The summed E-state index contributed by atoms with van der Waals surface area (Å²) in [5.41, 5.74) is 0.283. The normalized spacial score (nSPS) is 22.7. The lowest BCUT2D eigenvalue weighted by Gasteiger charge is -2.23. The summed E-state index contributed by atoms with van der Waals surface area (Å²) in [6, 6.07) is 1.36. The predicted octanol–water partition coefficient (Wildman–Crippen LogP) is 0.606. The number of amides is 1. The lowest BCUT2D eigenvalue weighted by Crippen LogP contribution is -2.37. The molecule has 0 saturated carbocycles. The molecule has 20 heavy (non-hydrogen) atoms. The van der Waals surface area contributed by atoms with Gasteiger partial charge in [-0.3, -0.25) is 9.48 Å². The van der Waals surface area contributed by atoms with Gasteiger partial charge in [0.05, 0.1) is 6.10 Å². The highest BCUT2D eigenvalue weighted by atomic mass is 16.5. The number of rotatable bonds is 3. The van der Waals surface area contributed by atoms with Gasteiger partial charge in [-0.25, -0.2) is 4.79 Å². The molecule has 3 heterocycles. The van der Waals surface area contributed by atoms with E-state index < -0.39 is 5.97 Å². The maximum atomic E-state index is 12.5. The minimum atomic E-state index is -1.11. The fraction of sp³-hybridized carbons (Fsp3) is 0.615. The molecule has 1 amide bonds. The Labute approximate surface area is 116 Å². The van der Waals surface area contributed by atoms with Crippen molar-refractivity contribution in [1.29, 1.82) is 0 Å². The van der Waals surface area contributed by atoms with Crippen LogP contribution in [-0.2, 0) is 11.3 Å². The van der Waals surface area contributed by atoms with Crippen molar-refractivity contribution >= 4 is 11.9 Å². The van der Waals surface area contributed by atoms with Crippen molar-refractivity contribution in [3.05, 3.63) is 17.5 Å². The van der Waals surface area contributed by atoms with Gasteiger partial charge in [0.1, 0.15) is 5.69 Å². The molecular weight excluding hydrogens is 262 g/mol. The van der Waals surface area contributed by atoms with Crippen molar-refractivity contribution in [3.63, 3.8) is 0 Å². The first-order valence-corrected chi connectivity index (χ1v) is 6.87. The smallest absolute Gasteiger partial charge is 0.356 e. The van der Waals surface area contributed by atoms with Crippen molar-refractivity contribution in [3.8, 4) is 0 Å². The van der Waals surface area contributed by atoms with Crippen molar-refractivity contribution in [2.24, 2.45) is 0 Å². The lowest BCUT2D eigenvalue weighted by atomic mass is 10.2. The Morgan fingerprint density at radius 2 is 2.30 bits per heavy atom.